The van der Waals surface area contributed by atoms with Crippen LogP contribution in [0, 0.1) is 28.2 Å². The summed E-state index contributed by atoms with van der Waals surface area (Å²) < 4.78 is 0. The predicted octanol–water partition coefficient (Wildman–Crippen LogP) is 6.83. The minimum atomic E-state index is -0.420. The summed E-state index contributed by atoms with van der Waals surface area (Å²) in [7, 11) is 8.26. The zero-order valence-corrected chi connectivity index (χ0v) is 26.7. The molecule has 0 radical (unpaired) electrons. The maximum absolute atomic E-state index is 9.73. The zero-order chi connectivity index (χ0) is 26.8. The summed E-state index contributed by atoms with van der Waals surface area (Å²) in [5.41, 5.74) is 5.98. The summed E-state index contributed by atoms with van der Waals surface area (Å²) in [5, 5.41) is 25.5. The number of hydrogen-bond acceptors (Lipinski definition) is 4. The molecule has 0 heterocycles. The van der Waals surface area contributed by atoms with Gasteiger partial charge in [-0.05, 0) is 59.8 Å². The molecular weight excluding hydrogens is 592 g/mol. The van der Waals surface area contributed by atoms with Crippen molar-refractivity contribution in [2.45, 2.75) is 58.9 Å². The van der Waals surface area contributed by atoms with Gasteiger partial charge in [0.1, 0.15) is 0 Å². The number of aliphatic hydroxyl groups is 2. The first kappa shape index (κ1) is 40.2. The summed E-state index contributed by atoms with van der Waals surface area (Å²) in [6.45, 7) is 10.3. The molecule has 3 aromatic carbocycles. The van der Waals surface area contributed by atoms with Crippen LogP contribution < -0.4 is 10.6 Å². The molecule has 0 unspecified atom stereocenters. The van der Waals surface area contributed by atoms with E-state index < -0.39 is 12.2 Å². The second-order valence-corrected chi connectivity index (χ2v) is 8.53. The third kappa shape index (κ3) is 17.0. The summed E-state index contributed by atoms with van der Waals surface area (Å²) >= 11 is 1.82. The first-order valence-corrected chi connectivity index (χ1v) is 13.9. The Bertz CT molecular complexity index is 816. The number of aryl methyl sites for hydroxylation is 3. The van der Waals surface area contributed by atoms with Gasteiger partial charge < -0.3 is 28.3 Å². The second-order valence-electron chi connectivity index (χ2n) is 8.53. The molecule has 3 aromatic rings. The number of rotatable bonds is 6. The van der Waals surface area contributed by atoms with E-state index in [1.165, 1.54) is 16.7 Å². The van der Waals surface area contributed by atoms with Crippen molar-refractivity contribution in [3.63, 3.8) is 0 Å². The molecule has 4 atom stereocenters. The van der Waals surface area contributed by atoms with Gasteiger partial charge in [-0.15, -0.1) is 12.4 Å². The molecule has 209 valence electrons. The number of halogens is 2. The number of aliphatic hydroxyl groups excluding tert-OH is 2. The fourth-order valence-corrected chi connectivity index (χ4v) is 3.40. The van der Waals surface area contributed by atoms with Crippen molar-refractivity contribution in [1.82, 2.24) is 10.6 Å². The summed E-state index contributed by atoms with van der Waals surface area (Å²) in [6.07, 6.45) is -0.840. The van der Waals surface area contributed by atoms with Gasteiger partial charge in [0.05, 0.1) is 12.2 Å². The van der Waals surface area contributed by atoms with E-state index >= 15 is 0 Å². The van der Waals surface area contributed by atoms with E-state index in [4.69, 9.17) is 0 Å². The Kier molecular flexibility index (Phi) is 25.9. The van der Waals surface area contributed by atoms with E-state index in [0.29, 0.717) is 0 Å². The van der Waals surface area contributed by atoms with E-state index in [9.17, 15) is 10.2 Å². The molecular formula is C30H46Cl2N2O2Ru+. The molecule has 0 spiro atoms. The van der Waals surface area contributed by atoms with Gasteiger partial charge in [-0.3, -0.25) is 0 Å². The topological polar surface area (TPSA) is 64.5 Å². The third-order valence-electron chi connectivity index (χ3n) is 5.51. The Balaban J connectivity index is -0.000000445. The molecule has 4 nitrogen and oxygen atoms in total. The zero-order valence-electron chi connectivity index (χ0n) is 23.3. The van der Waals surface area contributed by atoms with Crippen LogP contribution in [-0.2, 0) is 17.3 Å². The molecule has 0 bridgehead atoms. The summed E-state index contributed by atoms with van der Waals surface area (Å²) in [5.74, 6) is 0. The average molecular weight is 639 g/mol. The van der Waals surface area contributed by atoms with E-state index in [0.717, 1.165) is 11.1 Å². The summed E-state index contributed by atoms with van der Waals surface area (Å²) in [4.78, 5) is 0. The van der Waals surface area contributed by atoms with Crippen molar-refractivity contribution in [2.24, 2.45) is 0 Å². The maximum atomic E-state index is 9.73. The molecule has 0 aliphatic heterocycles. The van der Waals surface area contributed by atoms with Crippen LogP contribution in [0.3, 0.4) is 0 Å². The molecule has 3 rings (SSSR count). The quantitative estimate of drug-likeness (QED) is 0.177. The fraction of sp³-hybridized carbons (Fsp3) is 0.367. The van der Waals surface area contributed by atoms with Crippen LogP contribution in [0.5, 0.6) is 0 Å². The van der Waals surface area contributed by atoms with Gasteiger partial charge in [0, 0.05) is 12.1 Å². The Morgan fingerprint density at radius 2 is 0.865 bits per heavy atom. The molecule has 37 heavy (non-hydrogen) atoms. The van der Waals surface area contributed by atoms with Crippen LogP contribution in [0.25, 0.3) is 0 Å². The molecule has 0 aromatic heterocycles. The van der Waals surface area contributed by atoms with E-state index in [1.807, 2.05) is 106 Å². The van der Waals surface area contributed by atoms with E-state index in [-0.39, 0.29) is 31.9 Å². The molecule has 0 aliphatic carbocycles. The third-order valence-corrected chi connectivity index (χ3v) is 5.51. The fourth-order valence-electron chi connectivity index (χ4n) is 3.40. The average Bonchev–Trinajstić information content (AvgIpc) is 2.89. The Morgan fingerprint density at radius 1 is 0.622 bits per heavy atom. The first-order valence-electron chi connectivity index (χ1n) is 11.7. The van der Waals surface area contributed by atoms with Crippen LogP contribution in [0.15, 0.2) is 78.9 Å². The van der Waals surface area contributed by atoms with Crippen molar-refractivity contribution in [3.05, 3.63) is 114 Å². The Morgan fingerprint density at radius 3 is 1.08 bits per heavy atom. The second kappa shape index (κ2) is 23.8. The van der Waals surface area contributed by atoms with Crippen molar-refractivity contribution in [2.75, 3.05) is 14.1 Å². The van der Waals surface area contributed by atoms with Gasteiger partial charge in [-0.1, -0.05) is 95.6 Å². The molecule has 0 fully saturated rings. The SMILES string of the molecule is CN[C@H](C)[C@@H](O)c1ccccc1.CN[C@H](C)[C@@H](O)c1ccccc1.Cc1cc(C)cc(C)c1.Cl.[CH3-].[Cl][Ru+2]. The van der Waals surface area contributed by atoms with Gasteiger partial charge in [0.15, 0.2) is 0 Å². The summed E-state index contributed by atoms with van der Waals surface area (Å²) in [6, 6.07) is 26.1. The molecule has 0 saturated carbocycles. The Labute approximate surface area is 246 Å². The van der Waals surface area contributed by atoms with E-state index in [2.05, 4.69) is 59.3 Å². The minimum absolute atomic E-state index is 0. The molecule has 0 saturated heterocycles. The van der Waals surface area contributed by atoms with E-state index in [1.54, 1.807) is 0 Å². The van der Waals surface area contributed by atoms with Crippen molar-refractivity contribution < 1.29 is 27.5 Å². The molecule has 7 heteroatoms. The van der Waals surface area contributed by atoms with Crippen LogP contribution in [0.1, 0.15) is 53.9 Å². The van der Waals surface area contributed by atoms with Gasteiger partial charge in [0.25, 0.3) is 0 Å². The number of likely N-dealkylation sites (N-methyl/N-ethyl adjacent to an activating group) is 2. The van der Waals surface area contributed by atoms with Crippen LogP contribution in [0.4, 0.5) is 0 Å². The number of nitrogens with one attached hydrogen (secondary N) is 2. The van der Waals surface area contributed by atoms with Gasteiger partial charge in [-0.25, -0.2) is 0 Å². The normalized spacial score (nSPS) is 12.6. The van der Waals surface area contributed by atoms with Gasteiger partial charge >= 0.3 is 27.0 Å². The van der Waals surface area contributed by atoms with Crippen LogP contribution >= 0.6 is 22.1 Å². The van der Waals surface area contributed by atoms with Crippen LogP contribution in [-0.4, -0.2) is 36.4 Å². The monoisotopic (exact) mass is 638 g/mol. The van der Waals surface area contributed by atoms with Crippen molar-refractivity contribution in [1.29, 1.82) is 0 Å². The molecule has 0 amide bonds. The standard InChI is InChI=1S/2C10H15NO.C9H12.CH3.2ClH.Ru/c2*1-8(11-2)10(12)9-6-4-3-5-7-9;1-7-4-8(2)6-9(3)5-7;;;;/h2*3-8,10-12H,1-2H3;4-6H,1-3H3;1H3;2*1H;/q;;;-1;;;+3/p-1/t2*8-,10-;;;;;/m11...../s1. The number of benzene rings is 3. The van der Waals surface area contributed by atoms with Crippen molar-refractivity contribution in [3.8, 4) is 0 Å². The van der Waals surface area contributed by atoms with Gasteiger partial charge in [-0.2, -0.15) is 0 Å². The first-order chi connectivity index (χ1) is 16.7. The number of hydrogen-bond donors (Lipinski definition) is 4. The molecule has 4 N–H and O–H groups in total. The Hall–Kier alpha value is -1.30. The van der Waals surface area contributed by atoms with Crippen molar-refractivity contribution >= 4 is 22.1 Å². The predicted molar refractivity (Wildman–Crippen MR) is 160 cm³/mol. The van der Waals surface area contributed by atoms with Crippen LogP contribution in [0.2, 0.25) is 0 Å². The van der Waals surface area contributed by atoms with Gasteiger partial charge in [0.2, 0.25) is 0 Å². The molecule has 0 aliphatic rings.